The second-order valence-electron chi connectivity index (χ2n) is 3.18. The van der Waals surface area contributed by atoms with Crippen molar-refractivity contribution in [3.63, 3.8) is 0 Å². The third-order valence-corrected chi connectivity index (χ3v) is 2.09. The SMILES string of the molecule is O=C(c1ccco1)c1ccccc1OC(F)F. The highest BCUT2D eigenvalue weighted by atomic mass is 19.3. The van der Waals surface area contributed by atoms with Crippen molar-refractivity contribution in [3.8, 4) is 5.75 Å². The lowest BCUT2D eigenvalue weighted by Gasteiger charge is -2.08. The van der Waals surface area contributed by atoms with E-state index in [1.165, 1.54) is 30.5 Å². The van der Waals surface area contributed by atoms with Crippen molar-refractivity contribution >= 4 is 5.78 Å². The van der Waals surface area contributed by atoms with Gasteiger partial charge in [-0.05, 0) is 24.3 Å². The molecule has 0 saturated heterocycles. The number of para-hydroxylation sites is 1. The van der Waals surface area contributed by atoms with Gasteiger partial charge in [0.2, 0.25) is 5.78 Å². The van der Waals surface area contributed by atoms with Gasteiger partial charge in [-0.2, -0.15) is 8.78 Å². The molecule has 2 rings (SSSR count). The molecule has 0 aliphatic rings. The molecule has 0 unspecified atom stereocenters. The van der Waals surface area contributed by atoms with E-state index in [2.05, 4.69) is 4.74 Å². The van der Waals surface area contributed by atoms with Crippen LogP contribution in [0.4, 0.5) is 8.78 Å². The van der Waals surface area contributed by atoms with Crippen LogP contribution in [-0.2, 0) is 0 Å². The summed E-state index contributed by atoms with van der Waals surface area (Å²) in [7, 11) is 0. The summed E-state index contributed by atoms with van der Waals surface area (Å²) in [5.41, 5.74) is 0.0442. The Kier molecular flexibility index (Phi) is 3.18. The molecular weight excluding hydrogens is 230 g/mol. The zero-order chi connectivity index (χ0) is 12.3. The number of hydrogen-bond acceptors (Lipinski definition) is 3. The van der Waals surface area contributed by atoms with Crippen LogP contribution < -0.4 is 4.74 Å². The van der Waals surface area contributed by atoms with Gasteiger partial charge >= 0.3 is 6.61 Å². The Hall–Kier alpha value is -2.17. The monoisotopic (exact) mass is 238 g/mol. The zero-order valence-corrected chi connectivity index (χ0v) is 8.60. The highest BCUT2D eigenvalue weighted by molar-refractivity contribution is 6.08. The van der Waals surface area contributed by atoms with E-state index in [9.17, 15) is 13.6 Å². The third kappa shape index (κ3) is 2.50. The molecule has 0 aliphatic carbocycles. The first kappa shape index (κ1) is 11.3. The smallest absolute Gasteiger partial charge is 0.387 e. The molecule has 1 aromatic heterocycles. The average molecular weight is 238 g/mol. The van der Waals surface area contributed by atoms with Crippen molar-refractivity contribution in [2.45, 2.75) is 6.61 Å². The Morgan fingerprint density at radius 3 is 2.59 bits per heavy atom. The van der Waals surface area contributed by atoms with Crippen LogP contribution in [0, 0.1) is 0 Å². The van der Waals surface area contributed by atoms with E-state index < -0.39 is 12.4 Å². The molecule has 0 radical (unpaired) electrons. The van der Waals surface area contributed by atoms with E-state index in [4.69, 9.17) is 4.42 Å². The van der Waals surface area contributed by atoms with E-state index in [0.29, 0.717) is 0 Å². The third-order valence-electron chi connectivity index (χ3n) is 2.09. The first-order valence-corrected chi connectivity index (χ1v) is 4.80. The molecular formula is C12H8F2O3. The zero-order valence-electron chi connectivity index (χ0n) is 8.60. The molecule has 0 aliphatic heterocycles. The quantitative estimate of drug-likeness (QED) is 0.768. The van der Waals surface area contributed by atoms with Crippen molar-refractivity contribution in [3.05, 3.63) is 54.0 Å². The molecule has 0 fully saturated rings. The lowest BCUT2D eigenvalue weighted by molar-refractivity contribution is -0.0501. The molecule has 17 heavy (non-hydrogen) atoms. The second kappa shape index (κ2) is 4.78. The molecule has 3 nitrogen and oxygen atoms in total. The fourth-order valence-electron chi connectivity index (χ4n) is 1.39. The molecule has 0 saturated carbocycles. The summed E-state index contributed by atoms with van der Waals surface area (Å²) in [5, 5.41) is 0. The maximum absolute atomic E-state index is 12.1. The number of hydrogen-bond donors (Lipinski definition) is 0. The van der Waals surface area contributed by atoms with Gasteiger partial charge in [0.1, 0.15) is 5.75 Å². The topological polar surface area (TPSA) is 39.4 Å². The van der Waals surface area contributed by atoms with Crippen molar-refractivity contribution in [2.24, 2.45) is 0 Å². The van der Waals surface area contributed by atoms with Gasteiger partial charge < -0.3 is 9.15 Å². The highest BCUT2D eigenvalue weighted by Crippen LogP contribution is 2.23. The number of carbonyl (C=O) groups is 1. The van der Waals surface area contributed by atoms with Crippen LogP contribution in [0.5, 0.6) is 5.75 Å². The van der Waals surface area contributed by atoms with Gasteiger partial charge in [0.15, 0.2) is 5.76 Å². The van der Waals surface area contributed by atoms with E-state index >= 15 is 0 Å². The Morgan fingerprint density at radius 2 is 1.94 bits per heavy atom. The summed E-state index contributed by atoms with van der Waals surface area (Å²) in [6, 6.07) is 8.79. The second-order valence-corrected chi connectivity index (χ2v) is 3.18. The van der Waals surface area contributed by atoms with E-state index in [1.54, 1.807) is 12.1 Å². The largest absolute Gasteiger partial charge is 0.461 e. The number of furan rings is 1. The van der Waals surface area contributed by atoms with Crippen molar-refractivity contribution in [1.29, 1.82) is 0 Å². The maximum Gasteiger partial charge on any atom is 0.387 e. The first-order valence-electron chi connectivity index (χ1n) is 4.80. The Labute approximate surface area is 95.6 Å². The molecule has 0 bridgehead atoms. The fourth-order valence-corrected chi connectivity index (χ4v) is 1.39. The van der Waals surface area contributed by atoms with Gasteiger partial charge in [0.05, 0.1) is 11.8 Å². The summed E-state index contributed by atoms with van der Waals surface area (Å²) >= 11 is 0. The normalized spacial score (nSPS) is 10.5. The minimum atomic E-state index is -2.97. The van der Waals surface area contributed by atoms with E-state index in [0.717, 1.165) is 0 Å². The molecule has 2 aromatic rings. The molecule has 0 N–H and O–H groups in total. The van der Waals surface area contributed by atoms with Crippen LogP contribution >= 0.6 is 0 Å². The number of rotatable bonds is 4. The van der Waals surface area contributed by atoms with Gasteiger partial charge in [-0.15, -0.1) is 0 Å². The standard InChI is InChI=1S/C12H8F2O3/c13-12(14)17-9-5-2-1-4-8(9)11(15)10-6-3-7-16-10/h1-7,12H. The van der Waals surface area contributed by atoms with E-state index in [1.807, 2.05) is 0 Å². The molecule has 88 valence electrons. The van der Waals surface area contributed by atoms with Gasteiger partial charge in [0.25, 0.3) is 0 Å². The summed E-state index contributed by atoms with van der Waals surface area (Å²) in [6.07, 6.45) is 1.34. The number of halogens is 2. The average Bonchev–Trinajstić information content (AvgIpc) is 2.81. The molecule has 1 aromatic carbocycles. The minimum absolute atomic E-state index is 0.0442. The number of alkyl halides is 2. The Morgan fingerprint density at radius 1 is 1.18 bits per heavy atom. The van der Waals surface area contributed by atoms with Gasteiger partial charge in [-0.1, -0.05) is 12.1 Å². The number of ketones is 1. The van der Waals surface area contributed by atoms with Crippen LogP contribution in [0.2, 0.25) is 0 Å². The van der Waals surface area contributed by atoms with Gasteiger partial charge in [0, 0.05) is 0 Å². The Balaban J connectivity index is 2.35. The highest BCUT2D eigenvalue weighted by Gasteiger charge is 2.18. The maximum atomic E-state index is 12.1. The van der Waals surface area contributed by atoms with Crippen molar-refractivity contribution in [2.75, 3.05) is 0 Å². The summed E-state index contributed by atoms with van der Waals surface area (Å²) in [4.78, 5) is 11.9. The predicted molar refractivity (Wildman–Crippen MR) is 55.2 cm³/mol. The summed E-state index contributed by atoms with van der Waals surface area (Å²) in [5.74, 6) is -0.578. The lowest BCUT2D eigenvalue weighted by Crippen LogP contribution is -2.08. The molecule has 1 heterocycles. The lowest BCUT2D eigenvalue weighted by atomic mass is 10.1. The Bertz CT molecular complexity index is 506. The van der Waals surface area contributed by atoms with Crippen LogP contribution in [0.1, 0.15) is 16.1 Å². The number of ether oxygens (including phenoxy) is 1. The molecule has 0 amide bonds. The molecule has 0 atom stereocenters. The van der Waals surface area contributed by atoms with E-state index in [-0.39, 0.29) is 17.1 Å². The van der Waals surface area contributed by atoms with Crippen molar-refractivity contribution < 1.29 is 22.7 Å². The minimum Gasteiger partial charge on any atom is -0.461 e. The summed E-state index contributed by atoms with van der Waals surface area (Å²) < 4.78 is 33.5. The molecule has 0 spiro atoms. The summed E-state index contributed by atoms with van der Waals surface area (Å²) in [6.45, 7) is -2.97. The predicted octanol–water partition coefficient (Wildman–Crippen LogP) is 3.11. The first-order chi connectivity index (χ1) is 8.18. The number of benzene rings is 1. The van der Waals surface area contributed by atoms with Gasteiger partial charge in [-0.3, -0.25) is 4.79 Å². The van der Waals surface area contributed by atoms with Gasteiger partial charge in [-0.25, -0.2) is 0 Å². The van der Waals surface area contributed by atoms with Crippen molar-refractivity contribution in [1.82, 2.24) is 0 Å². The van der Waals surface area contributed by atoms with Crippen LogP contribution in [0.15, 0.2) is 47.1 Å². The fraction of sp³-hybridized carbons (Fsp3) is 0.0833. The number of carbonyl (C=O) groups excluding carboxylic acids is 1. The van der Waals surface area contributed by atoms with Crippen LogP contribution in [-0.4, -0.2) is 12.4 Å². The molecule has 5 heteroatoms. The van der Waals surface area contributed by atoms with Crippen LogP contribution in [0.25, 0.3) is 0 Å². The van der Waals surface area contributed by atoms with Crippen LogP contribution in [0.3, 0.4) is 0 Å².